The average Bonchev–Trinajstić information content (AvgIpc) is 2.55. The molecule has 0 N–H and O–H groups in total. The van der Waals surface area contributed by atoms with Crippen LogP contribution < -0.4 is 4.74 Å². The second-order valence-corrected chi connectivity index (χ2v) is 5.29. The molecule has 0 bridgehead atoms. The Morgan fingerprint density at radius 1 is 1.05 bits per heavy atom. The zero-order valence-electron chi connectivity index (χ0n) is 13.8. The van der Waals surface area contributed by atoms with E-state index in [2.05, 4.69) is 18.7 Å². The minimum Gasteiger partial charge on any atom is -0.493 e. The molecule has 0 aliphatic rings. The van der Waals surface area contributed by atoms with Crippen molar-refractivity contribution in [3.05, 3.63) is 42.0 Å². The van der Waals surface area contributed by atoms with Crippen LogP contribution >= 0.6 is 0 Å². The fraction of sp³-hybridized carbons (Fsp3) is 0.421. The lowest BCUT2D eigenvalue weighted by molar-refractivity contribution is 0.0964. The summed E-state index contributed by atoms with van der Waals surface area (Å²) < 4.78 is 5.69. The van der Waals surface area contributed by atoms with E-state index >= 15 is 0 Å². The first kappa shape index (κ1) is 16.5. The van der Waals surface area contributed by atoms with Gasteiger partial charge in [-0.2, -0.15) is 0 Å². The molecule has 0 unspecified atom stereocenters. The van der Waals surface area contributed by atoms with E-state index in [0.717, 1.165) is 36.0 Å². The Morgan fingerprint density at radius 2 is 1.77 bits per heavy atom. The number of rotatable bonds is 8. The van der Waals surface area contributed by atoms with Crippen LogP contribution in [0.5, 0.6) is 5.75 Å². The van der Waals surface area contributed by atoms with E-state index in [1.165, 1.54) is 0 Å². The molecule has 0 aromatic heterocycles. The number of fused-ring (bicyclic) bond motifs is 1. The molecule has 2 aromatic rings. The lowest BCUT2D eigenvalue weighted by Gasteiger charge is -2.18. The van der Waals surface area contributed by atoms with E-state index < -0.39 is 0 Å². The van der Waals surface area contributed by atoms with E-state index in [-0.39, 0.29) is 5.78 Å². The number of carbonyl (C=O) groups excluding carboxylic acids is 1. The summed E-state index contributed by atoms with van der Waals surface area (Å²) in [6.07, 6.45) is 0.524. The first-order valence-corrected chi connectivity index (χ1v) is 8.11. The zero-order chi connectivity index (χ0) is 15.9. The van der Waals surface area contributed by atoms with Gasteiger partial charge in [-0.25, -0.2) is 0 Å². The molecular formula is C19H25NO2. The molecule has 3 heteroatoms. The normalized spacial score (nSPS) is 11.1. The Morgan fingerprint density at radius 3 is 2.45 bits per heavy atom. The maximum atomic E-state index is 12.8. The fourth-order valence-corrected chi connectivity index (χ4v) is 2.74. The lowest BCUT2D eigenvalue weighted by Crippen LogP contribution is -2.26. The molecule has 0 amide bonds. The Balaban J connectivity index is 2.34. The first-order valence-electron chi connectivity index (χ1n) is 8.11. The number of ether oxygens (including phenoxy) is 1. The van der Waals surface area contributed by atoms with Crippen molar-refractivity contribution in [2.24, 2.45) is 0 Å². The molecule has 3 nitrogen and oxygen atoms in total. The largest absolute Gasteiger partial charge is 0.493 e. The van der Waals surface area contributed by atoms with Crippen molar-refractivity contribution in [3.8, 4) is 5.75 Å². The SMILES string of the molecule is CCOc1ccc2ccccc2c1C(=O)CCN(CC)CC. The number of ketones is 1. The summed E-state index contributed by atoms with van der Waals surface area (Å²) >= 11 is 0. The van der Waals surface area contributed by atoms with E-state index in [0.29, 0.717) is 18.8 Å². The highest BCUT2D eigenvalue weighted by Crippen LogP contribution is 2.29. The second kappa shape index (κ2) is 7.95. The topological polar surface area (TPSA) is 29.5 Å². The van der Waals surface area contributed by atoms with Crippen LogP contribution in [0.4, 0.5) is 0 Å². The van der Waals surface area contributed by atoms with E-state index in [4.69, 9.17) is 4.74 Å². The Labute approximate surface area is 132 Å². The molecule has 118 valence electrons. The van der Waals surface area contributed by atoms with Gasteiger partial charge in [-0.15, -0.1) is 0 Å². The van der Waals surface area contributed by atoms with Crippen molar-refractivity contribution in [3.63, 3.8) is 0 Å². The molecule has 0 saturated carbocycles. The van der Waals surface area contributed by atoms with Crippen molar-refractivity contribution in [2.75, 3.05) is 26.2 Å². The molecule has 0 fully saturated rings. The van der Waals surface area contributed by atoms with Gasteiger partial charge in [0.05, 0.1) is 12.2 Å². The quantitative estimate of drug-likeness (QED) is 0.686. The maximum absolute atomic E-state index is 12.8. The Bertz CT molecular complexity index is 632. The molecule has 0 aliphatic carbocycles. The Kier molecular flexibility index (Phi) is 5.96. The summed E-state index contributed by atoms with van der Waals surface area (Å²) in [6, 6.07) is 11.9. The minimum absolute atomic E-state index is 0.159. The number of carbonyl (C=O) groups is 1. The van der Waals surface area contributed by atoms with Crippen LogP contribution in [-0.4, -0.2) is 36.9 Å². The highest BCUT2D eigenvalue weighted by Gasteiger charge is 2.17. The fourth-order valence-electron chi connectivity index (χ4n) is 2.74. The van der Waals surface area contributed by atoms with Gasteiger partial charge in [-0.1, -0.05) is 44.2 Å². The number of benzene rings is 2. The summed E-state index contributed by atoms with van der Waals surface area (Å²) in [5.41, 5.74) is 0.729. The molecule has 0 heterocycles. The molecule has 0 saturated heterocycles. The molecule has 0 spiro atoms. The van der Waals surface area contributed by atoms with Crippen LogP contribution in [0.1, 0.15) is 37.6 Å². The highest BCUT2D eigenvalue weighted by molar-refractivity contribution is 6.10. The summed E-state index contributed by atoms with van der Waals surface area (Å²) in [4.78, 5) is 15.1. The van der Waals surface area contributed by atoms with Gasteiger partial charge in [0.15, 0.2) is 5.78 Å². The summed E-state index contributed by atoms with van der Waals surface area (Å²) in [5.74, 6) is 0.859. The van der Waals surface area contributed by atoms with Crippen molar-refractivity contribution in [1.82, 2.24) is 4.90 Å². The minimum atomic E-state index is 0.159. The number of Topliss-reactive ketones (excluding diaryl/α,β-unsaturated/α-hetero) is 1. The van der Waals surface area contributed by atoms with Gasteiger partial charge in [0, 0.05) is 13.0 Å². The van der Waals surface area contributed by atoms with Crippen LogP contribution in [-0.2, 0) is 0 Å². The summed E-state index contributed by atoms with van der Waals surface area (Å²) in [6.45, 7) is 9.49. The number of nitrogens with zero attached hydrogens (tertiary/aromatic N) is 1. The molecule has 0 radical (unpaired) electrons. The van der Waals surface area contributed by atoms with Crippen LogP contribution in [0.2, 0.25) is 0 Å². The third kappa shape index (κ3) is 3.66. The third-order valence-corrected chi connectivity index (χ3v) is 4.02. The first-order chi connectivity index (χ1) is 10.7. The van der Waals surface area contributed by atoms with Gasteiger partial charge in [-0.3, -0.25) is 4.79 Å². The summed E-state index contributed by atoms with van der Waals surface area (Å²) in [7, 11) is 0. The van der Waals surface area contributed by atoms with Gasteiger partial charge in [0.2, 0.25) is 0 Å². The van der Waals surface area contributed by atoms with Crippen LogP contribution in [0.25, 0.3) is 10.8 Å². The van der Waals surface area contributed by atoms with Gasteiger partial charge in [0.25, 0.3) is 0 Å². The average molecular weight is 299 g/mol. The van der Waals surface area contributed by atoms with Crippen molar-refractivity contribution in [2.45, 2.75) is 27.2 Å². The summed E-state index contributed by atoms with van der Waals surface area (Å²) in [5, 5.41) is 2.06. The third-order valence-electron chi connectivity index (χ3n) is 4.02. The number of hydrogen-bond donors (Lipinski definition) is 0. The van der Waals surface area contributed by atoms with Gasteiger partial charge < -0.3 is 9.64 Å². The van der Waals surface area contributed by atoms with Crippen LogP contribution in [0, 0.1) is 0 Å². The van der Waals surface area contributed by atoms with Crippen molar-refractivity contribution >= 4 is 16.6 Å². The molecule has 0 aliphatic heterocycles. The van der Waals surface area contributed by atoms with Crippen molar-refractivity contribution < 1.29 is 9.53 Å². The maximum Gasteiger partial charge on any atom is 0.168 e. The van der Waals surface area contributed by atoms with Gasteiger partial charge in [0.1, 0.15) is 5.75 Å². The predicted molar refractivity (Wildman–Crippen MR) is 91.9 cm³/mol. The van der Waals surface area contributed by atoms with Gasteiger partial charge >= 0.3 is 0 Å². The van der Waals surface area contributed by atoms with E-state index in [1.807, 2.05) is 43.3 Å². The van der Waals surface area contributed by atoms with E-state index in [9.17, 15) is 4.79 Å². The molecule has 0 atom stereocenters. The van der Waals surface area contributed by atoms with E-state index in [1.54, 1.807) is 0 Å². The highest BCUT2D eigenvalue weighted by atomic mass is 16.5. The Hall–Kier alpha value is -1.87. The smallest absolute Gasteiger partial charge is 0.168 e. The van der Waals surface area contributed by atoms with Crippen LogP contribution in [0.15, 0.2) is 36.4 Å². The van der Waals surface area contributed by atoms with Gasteiger partial charge in [-0.05, 0) is 36.9 Å². The second-order valence-electron chi connectivity index (χ2n) is 5.29. The lowest BCUT2D eigenvalue weighted by atomic mass is 9.98. The molecule has 22 heavy (non-hydrogen) atoms. The van der Waals surface area contributed by atoms with Crippen molar-refractivity contribution in [1.29, 1.82) is 0 Å². The monoisotopic (exact) mass is 299 g/mol. The molecule has 2 aromatic carbocycles. The zero-order valence-corrected chi connectivity index (χ0v) is 13.8. The number of hydrogen-bond acceptors (Lipinski definition) is 3. The predicted octanol–water partition coefficient (Wildman–Crippen LogP) is 4.15. The molecular weight excluding hydrogens is 274 g/mol. The van der Waals surface area contributed by atoms with Crippen LogP contribution in [0.3, 0.4) is 0 Å². The molecule has 2 rings (SSSR count). The standard InChI is InChI=1S/C19H25NO2/c1-4-20(5-2)14-13-17(21)19-16-10-8-7-9-15(16)11-12-18(19)22-6-3/h7-12H,4-6,13-14H2,1-3H3.